The Hall–Kier alpha value is -0.610. The molecule has 0 saturated heterocycles. The number of unbranched alkanes of at least 4 members (excludes halogenated alkanes) is 2. The van der Waals surface area contributed by atoms with E-state index in [4.69, 9.17) is 5.26 Å². The van der Waals surface area contributed by atoms with Gasteiger partial charge in [-0.3, -0.25) is 0 Å². The molecule has 0 aliphatic rings. The first-order chi connectivity index (χ1) is 7.17. The fourth-order valence-electron chi connectivity index (χ4n) is 1.65. The van der Waals surface area contributed by atoms with Crippen molar-refractivity contribution in [3.05, 3.63) is 0 Å². The summed E-state index contributed by atoms with van der Waals surface area (Å²) in [6.07, 6.45) is 4.25. The summed E-state index contributed by atoms with van der Waals surface area (Å²) in [6.45, 7) is 4.01. The molecule has 0 aromatic rings. The van der Waals surface area contributed by atoms with Crippen LogP contribution in [-0.2, 0) is 9.68 Å². The van der Waals surface area contributed by atoms with Crippen LogP contribution in [0, 0.1) is 5.92 Å². The predicted molar refractivity (Wildman–Crippen MR) is 57.3 cm³/mol. The zero-order valence-corrected chi connectivity index (χ0v) is 9.61. The molecule has 2 atom stereocenters. The lowest BCUT2D eigenvalue weighted by atomic mass is 9.93. The molecule has 0 heterocycles. The third-order valence-corrected chi connectivity index (χ3v) is 2.56. The van der Waals surface area contributed by atoms with Crippen LogP contribution in [0.1, 0.15) is 52.4 Å². The lowest BCUT2D eigenvalue weighted by Crippen LogP contribution is -2.29. The van der Waals surface area contributed by atoms with Crippen molar-refractivity contribution in [1.29, 1.82) is 0 Å². The summed E-state index contributed by atoms with van der Waals surface area (Å²) in [5.41, 5.74) is 0. The molecule has 2 unspecified atom stereocenters. The van der Waals surface area contributed by atoms with Crippen molar-refractivity contribution in [3.8, 4) is 0 Å². The Morgan fingerprint density at radius 2 is 1.87 bits per heavy atom. The normalized spacial score (nSPS) is 14.7. The number of carbonyl (C=O) groups excluding carboxylic acids is 1. The van der Waals surface area contributed by atoms with Crippen LogP contribution in [0.25, 0.3) is 0 Å². The molecule has 0 aromatic carbocycles. The summed E-state index contributed by atoms with van der Waals surface area (Å²) < 4.78 is 0. The van der Waals surface area contributed by atoms with Crippen LogP contribution in [0.15, 0.2) is 0 Å². The topological polar surface area (TPSA) is 66.8 Å². The molecule has 0 aliphatic carbocycles. The van der Waals surface area contributed by atoms with E-state index in [-0.39, 0.29) is 0 Å². The third kappa shape index (κ3) is 5.74. The van der Waals surface area contributed by atoms with E-state index in [1.54, 1.807) is 0 Å². The second-order valence-corrected chi connectivity index (χ2v) is 3.87. The number of aliphatic hydroxyl groups excluding tert-OH is 1. The SMILES string of the molecule is CCCCCC(O)C(CCC)C(=O)OO. The van der Waals surface area contributed by atoms with E-state index in [0.29, 0.717) is 12.8 Å². The van der Waals surface area contributed by atoms with Gasteiger partial charge < -0.3 is 9.99 Å². The third-order valence-electron chi connectivity index (χ3n) is 2.56. The highest BCUT2D eigenvalue weighted by atomic mass is 17.1. The summed E-state index contributed by atoms with van der Waals surface area (Å²) in [5.74, 6) is -1.31. The molecule has 0 aliphatic heterocycles. The van der Waals surface area contributed by atoms with Crippen molar-refractivity contribution in [1.82, 2.24) is 0 Å². The number of aliphatic hydroxyl groups is 1. The summed E-state index contributed by atoms with van der Waals surface area (Å²) in [5, 5.41) is 18.0. The highest BCUT2D eigenvalue weighted by molar-refractivity contribution is 5.72. The fraction of sp³-hybridized carbons (Fsp3) is 0.909. The van der Waals surface area contributed by atoms with Crippen LogP contribution in [0.5, 0.6) is 0 Å². The minimum Gasteiger partial charge on any atom is -0.392 e. The van der Waals surface area contributed by atoms with Gasteiger partial charge in [-0.2, -0.15) is 5.26 Å². The molecule has 0 saturated carbocycles. The van der Waals surface area contributed by atoms with E-state index >= 15 is 0 Å². The molecule has 0 fully saturated rings. The molecule has 0 bridgehead atoms. The van der Waals surface area contributed by atoms with E-state index < -0.39 is 18.0 Å². The Morgan fingerprint density at radius 1 is 1.20 bits per heavy atom. The molecule has 15 heavy (non-hydrogen) atoms. The lowest BCUT2D eigenvalue weighted by Gasteiger charge is -2.18. The van der Waals surface area contributed by atoms with Crippen LogP contribution in [0.3, 0.4) is 0 Å². The first-order valence-corrected chi connectivity index (χ1v) is 5.70. The molecule has 0 amide bonds. The van der Waals surface area contributed by atoms with Crippen LogP contribution >= 0.6 is 0 Å². The Balaban J connectivity index is 4.03. The minimum atomic E-state index is -0.721. The van der Waals surface area contributed by atoms with Gasteiger partial charge in [0.05, 0.1) is 12.0 Å². The van der Waals surface area contributed by atoms with Gasteiger partial charge in [0.25, 0.3) is 0 Å². The van der Waals surface area contributed by atoms with Gasteiger partial charge in [0.15, 0.2) is 0 Å². The van der Waals surface area contributed by atoms with Crippen LogP contribution in [0.2, 0.25) is 0 Å². The average Bonchev–Trinajstić information content (AvgIpc) is 2.25. The summed E-state index contributed by atoms with van der Waals surface area (Å²) in [7, 11) is 0. The van der Waals surface area contributed by atoms with Gasteiger partial charge >= 0.3 is 5.97 Å². The van der Waals surface area contributed by atoms with Gasteiger partial charge in [0, 0.05) is 0 Å². The van der Waals surface area contributed by atoms with E-state index in [2.05, 4.69) is 11.8 Å². The number of hydrogen-bond donors (Lipinski definition) is 2. The zero-order valence-electron chi connectivity index (χ0n) is 9.61. The molecule has 2 N–H and O–H groups in total. The second kappa shape index (κ2) is 8.68. The molecule has 4 nitrogen and oxygen atoms in total. The van der Waals surface area contributed by atoms with Crippen LogP contribution < -0.4 is 0 Å². The van der Waals surface area contributed by atoms with Gasteiger partial charge in [-0.05, 0) is 12.8 Å². The highest BCUT2D eigenvalue weighted by Gasteiger charge is 2.27. The second-order valence-electron chi connectivity index (χ2n) is 3.87. The van der Waals surface area contributed by atoms with Crippen LogP contribution in [0.4, 0.5) is 0 Å². The lowest BCUT2D eigenvalue weighted by molar-refractivity contribution is -0.242. The monoisotopic (exact) mass is 218 g/mol. The van der Waals surface area contributed by atoms with Crippen molar-refractivity contribution in [2.45, 2.75) is 58.5 Å². The van der Waals surface area contributed by atoms with Gasteiger partial charge in [0.2, 0.25) is 0 Å². The molecule has 4 heteroatoms. The maximum Gasteiger partial charge on any atom is 0.347 e. The molecular weight excluding hydrogens is 196 g/mol. The molecule has 90 valence electrons. The smallest absolute Gasteiger partial charge is 0.347 e. The van der Waals surface area contributed by atoms with Crippen molar-refractivity contribution in [2.24, 2.45) is 5.92 Å². The fourth-order valence-corrected chi connectivity index (χ4v) is 1.65. The van der Waals surface area contributed by atoms with Crippen molar-refractivity contribution < 1.29 is 20.0 Å². The quantitative estimate of drug-likeness (QED) is 0.373. The molecule has 0 radical (unpaired) electrons. The zero-order chi connectivity index (χ0) is 11.7. The molecule has 0 spiro atoms. The summed E-state index contributed by atoms with van der Waals surface area (Å²) in [4.78, 5) is 14.8. The van der Waals surface area contributed by atoms with E-state index in [1.807, 2.05) is 6.92 Å². The standard InChI is InChI=1S/C11H22O4/c1-3-5-6-8-10(12)9(7-4-2)11(13)15-14/h9-10,12,14H,3-8H2,1-2H3. The van der Waals surface area contributed by atoms with Crippen LogP contribution in [-0.4, -0.2) is 22.4 Å². The number of rotatable bonds is 8. The van der Waals surface area contributed by atoms with Crippen molar-refractivity contribution in [2.75, 3.05) is 0 Å². The van der Waals surface area contributed by atoms with E-state index in [0.717, 1.165) is 25.7 Å². The van der Waals surface area contributed by atoms with Crippen molar-refractivity contribution >= 4 is 5.97 Å². The van der Waals surface area contributed by atoms with Gasteiger partial charge in [0.1, 0.15) is 0 Å². The first kappa shape index (κ1) is 14.4. The molecular formula is C11H22O4. The van der Waals surface area contributed by atoms with E-state index in [1.165, 1.54) is 0 Å². The Labute approximate surface area is 91.2 Å². The largest absolute Gasteiger partial charge is 0.392 e. The summed E-state index contributed by atoms with van der Waals surface area (Å²) in [6, 6.07) is 0. The first-order valence-electron chi connectivity index (χ1n) is 5.70. The Morgan fingerprint density at radius 3 is 2.33 bits per heavy atom. The minimum absolute atomic E-state index is 0.548. The molecule has 0 rings (SSSR count). The number of carbonyl (C=O) groups is 1. The predicted octanol–water partition coefficient (Wildman–Crippen LogP) is 2.36. The van der Waals surface area contributed by atoms with Gasteiger partial charge in [-0.1, -0.05) is 39.5 Å². The van der Waals surface area contributed by atoms with Gasteiger partial charge in [-0.15, -0.1) is 0 Å². The maximum atomic E-state index is 11.1. The summed E-state index contributed by atoms with van der Waals surface area (Å²) >= 11 is 0. The highest BCUT2D eigenvalue weighted by Crippen LogP contribution is 2.18. The Kier molecular flexibility index (Phi) is 8.33. The maximum absolute atomic E-state index is 11.1. The number of hydrogen-bond acceptors (Lipinski definition) is 4. The Bertz CT molecular complexity index is 170. The van der Waals surface area contributed by atoms with Crippen molar-refractivity contribution in [3.63, 3.8) is 0 Å². The van der Waals surface area contributed by atoms with Gasteiger partial charge in [-0.25, -0.2) is 4.79 Å². The average molecular weight is 218 g/mol. The van der Waals surface area contributed by atoms with E-state index in [9.17, 15) is 9.90 Å². The molecule has 0 aromatic heterocycles.